The predicted octanol–water partition coefficient (Wildman–Crippen LogP) is 3.73. The van der Waals surface area contributed by atoms with Gasteiger partial charge in [-0.05, 0) is 49.4 Å². The largest absolute Gasteiger partial charge is 0.320 e. The Balaban J connectivity index is 1.97. The zero-order chi connectivity index (χ0) is 16.4. The van der Waals surface area contributed by atoms with Gasteiger partial charge in [-0.1, -0.05) is 42.0 Å². The average molecular weight is 308 g/mol. The molecule has 0 spiro atoms. The van der Waals surface area contributed by atoms with Crippen molar-refractivity contribution in [2.45, 2.75) is 39.2 Å². The first-order valence-electron chi connectivity index (χ1n) is 8.35. The van der Waals surface area contributed by atoms with E-state index >= 15 is 0 Å². The third-order valence-electron chi connectivity index (χ3n) is 4.61. The first-order chi connectivity index (χ1) is 11.1. The van der Waals surface area contributed by atoms with Crippen LogP contribution in [0.3, 0.4) is 0 Å². The summed E-state index contributed by atoms with van der Waals surface area (Å²) in [6.07, 6.45) is 2.47. The normalized spacial score (nSPS) is 16.0. The number of nitrogens with two attached hydrogens (primary N) is 1. The Labute approximate surface area is 138 Å². The summed E-state index contributed by atoms with van der Waals surface area (Å²) >= 11 is 0. The van der Waals surface area contributed by atoms with Gasteiger partial charge in [-0.3, -0.25) is 4.79 Å². The highest BCUT2D eigenvalue weighted by Gasteiger charge is 2.21. The van der Waals surface area contributed by atoms with Gasteiger partial charge in [0.05, 0.1) is 6.04 Å². The summed E-state index contributed by atoms with van der Waals surface area (Å²) in [5.41, 5.74) is 12.2. The second kappa shape index (κ2) is 6.55. The fraction of sp³-hybridized carbons (Fsp3) is 0.350. The van der Waals surface area contributed by atoms with Crippen molar-refractivity contribution in [3.63, 3.8) is 0 Å². The van der Waals surface area contributed by atoms with Crippen LogP contribution in [-0.4, -0.2) is 12.5 Å². The lowest BCUT2D eigenvalue weighted by Crippen LogP contribution is -2.29. The topological polar surface area (TPSA) is 46.3 Å². The lowest BCUT2D eigenvalue weighted by atomic mass is 9.95. The number of nitrogens with zero attached hydrogens (tertiary/aromatic N) is 1. The van der Waals surface area contributed by atoms with Crippen molar-refractivity contribution in [2.75, 3.05) is 11.4 Å². The molecule has 0 aromatic heterocycles. The predicted molar refractivity (Wildman–Crippen MR) is 94.6 cm³/mol. The van der Waals surface area contributed by atoms with Gasteiger partial charge in [0.15, 0.2) is 0 Å². The highest BCUT2D eigenvalue weighted by atomic mass is 16.2. The van der Waals surface area contributed by atoms with Gasteiger partial charge in [-0.2, -0.15) is 0 Å². The standard InChI is InChI=1S/C20H24N2O/c1-3-22-18-11-10-17(13-15(18)7-5-9-19(22)23)20(21)16-8-4-6-14(2)12-16/h4,6,8,10-13,20H,3,5,7,9,21H2,1-2H3. The van der Waals surface area contributed by atoms with Crippen LogP contribution in [0.1, 0.15) is 48.1 Å². The number of hydrogen-bond donors (Lipinski definition) is 1. The van der Waals surface area contributed by atoms with E-state index in [2.05, 4.69) is 43.3 Å². The molecule has 0 radical (unpaired) electrons. The number of rotatable bonds is 3. The molecule has 1 amide bonds. The number of anilines is 1. The van der Waals surface area contributed by atoms with Gasteiger partial charge >= 0.3 is 0 Å². The summed E-state index contributed by atoms with van der Waals surface area (Å²) in [5.74, 6) is 0.224. The van der Waals surface area contributed by atoms with Crippen molar-refractivity contribution < 1.29 is 4.79 Å². The molecule has 2 aromatic carbocycles. The van der Waals surface area contributed by atoms with E-state index in [4.69, 9.17) is 5.73 Å². The fourth-order valence-corrected chi connectivity index (χ4v) is 3.36. The smallest absolute Gasteiger partial charge is 0.226 e. The Hall–Kier alpha value is -2.13. The summed E-state index contributed by atoms with van der Waals surface area (Å²) < 4.78 is 0. The zero-order valence-corrected chi connectivity index (χ0v) is 13.9. The molecule has 0 saturated carbocycles. The summed E-state index contributed by atoms with van der Waals surface area (Å²) in [6.45, 7) is 4.83. The molecule has 3 heteroatoms. The van der Waals surface area contributed by atoms with Crippen LogP contribution in [0.25, 0.3) is 0 Å². The molecule has 120 valence electrons. The Morgan fingerprint density at radius 1 is 1.13 bits per heavy atom. The molecule has 1 atom stereocenters. The van der Waals surface area contributed by atoms with Crippen molar-refractivity contribution in [1.82, 2.24) is 0 Å². The lowest BCUT2D eigenvalue weighted by molar-refractivity contribution is -0.118. The quantitative estimate of drug-likeness (QED) is 0.939. The first kappa shape index (κ1) is 15.8. The van der Waals surface area contributed by atoms with Crippen molar-refractivity contribution in [3.05, 3.63) is 64.7 Å². The number of hydrogen-bond acceptors (Lipinski definition) is 2. The van der Waals surface area contributed by atoms with Gasteiger partial charge in [0.1, 0.15) is 0 Å². The van der Waals surface area contributed by atoms with Crippen molar-refractivity contribution in [3.8, 4) is 0 Å². The van der Waals surface area contributed by atoms with Crippen LogP contribution in [-0.2, 0) is 11.2 Å². The van der Waals surface area contributed by atoms with Crippen LogP contribution < -0.4 is 10.6 Å². The highest BCUT2D eigenvalue weighted by Crippen LogP contribution is 2.31. The molecule has 1 aliphatic rings. The Kier molecular flexibility index (Phi) is 4.49. The van der Waals surface area contributed by atoms with E-state index in [0.717, 1.165) is 36.2 Å². The monoisotopic (exact) mass is 308 g/mol. The van der Waals surface area contributed by atoms with Gasteiger partial charge in [0.25, 0.3) is 0 Å². The molecule has 0 fully saturated rings. The van der Waals surface area contributed by atoms with Crippen molar-refractivity contribution >= 4 is 11.6 Å². The van der Waals surface area contributed by atoms with Crippen LogP contribution in [0.4, 0.5) is 5.69 Å². The molecule has 0 aliphatic carbocycles. The summed E-state index contributed by atoms with van der Waals surface area (Å²) in [5, 5.41) is 0. The Morgan fingerprint density at radius 2 is 1.91 bits per heavy atom. The Bertz CT molecular complexity index is 723. The fourth-order valence-electron chi connectivity index (χ4n) is 3.36. The average Bonchev–Trinajstić information content (AvgIpc) is 2.71. The van der Waals surface area contributed by atoms with E-state index in [1.54, 1.807) is 0 Å². The number of benzene rings is 2. The van der Waals surface area contributed by atoms with E-state index in [1.807, 2.05) is 17.9 Å². The minimum absolute atomic E-state index is 0.130. The summed E-state index contributed by atoms with van der Waals surface area (Å²) in [6, 6.07) is 14.5. The molecule has 2 aromatic rings. The van der Waals surface area contributed by atoms with E-state index in [1.165, 1.54) is 11.1 Å². The Morgan fingerprint density at radius 3 is 2.65 bits per heavy atom. The number of aryl methyl sites for hydroxylation is 2. The molecular formula is C20H24N2O. The third-order valence-corrected chi connectivity index (χ3v) is 4.61. The van der Waals surface area contributed by atoms with E-state index in [9.17, 15) is 4.79 Å². The maximum Gasteiger partial charge on any atom is 0.226 e. The van der Waals surface area contributed by atoms with Gasteiger partial charge in [0.2, 0.25) is 5.91 Å². The minimum atomic E-state index is -0.130. The van der Waals surface area contributed by atoms with Gasteiger partial charge in [-0.25, -0.2) is 0 Å². The van der Waals surface area contributed by atoms with Crippen LogP contribution in [0.2, 0.25) is 0 Å². The van der Waals surface area contributed by atoms with Crippen molar-refractivity contribution in [2.24, 2.45) is 5.73 Å². The van der Waals surface area contributed by atoms with E-state index < -0.39 is 0 Å². The third kappa shape index (κ3) is 3.15. The molecule has 23 heavy (non-hydrogen) atoms. The summed E-state index contributed by atoms with van der Waals surface area (Å²) in [7, 11) is 0. The molecule has 2 N–H and O–H groups in total. The lowest BCUT2D eigenvalue weighted by Gasteiger charge is -2.23. The van der Waals surface area contributed by atoms with Crippen LogP contribution in [0.5, 0.6) is 0 Å². The van der Waals surface area contributed by atoms with E-state index in [0.29, 0.717) is 6.42 Å². The molecule has 3 rings (SSSR count). The number of carbonyl (C=O) groups excluding carboxylic acids is 1. The molecular weight excluding hydrogens is 284 g/mol. The number of fused-ring (bicyclic) bond motifs is 1. The number of amides is 1. The molecule has 1 unspecified atom stereocenters. The minimum Gasteiger partial charge on any atom is -0.320 e. The second-order valence-corrected chi connectivity index (χ2v) is 6.27. The summed E-state index contributed by atoms with van der Waals surface area (Å²) in [4.78, 5) is 14.1. The van der Waals surface area contributed by atoms with Gasteiger partial charge < -0.3 is 10.6 Å². The molecule has 0 bridgehead atoms. The van der Waals surface area contributed by atoms with Crippen molar-refractivity contribution in [1.29, 1.82) is 0 Å². The van der Waals surface area contributed by atoms with Crippen LogP contribution in [0, 0.1) is 6.92 Å². The molecule has 0 saturated heterocycles. The molecule has 1 heterocycles. The maximum absolute atomic E-state index is 12.2. The van der Waals surface area contributed by atoms with E-state index in [-0.39, 0.29) is 11.9 Å². The number of carbonyl (C=O) groups is 1. The first-order valence-corrected chi connectivity index (χ1v) is 8.35. The SMILES string of the molecule is CCN1C(=O)CCCc2cc(C(N)c3cccc(C)c3)ccc21. The second-order valence-electron chi connectivity index (χ2n) is 6.27. The highest BCUT2D eigenvalue weighted by molar-refractivity contribution is 5.94. The van der Waals surface area contributed by atoms with Crippen LogP contribution in [0.15, 0.2) is 42.5 Å². The van der Waals surface area contributed by atoms with Gasteiger partial charge in [0, 0.05) is 18.7 Å². The van der Waals surface area contributed by atoms with Crippen LogP contribution >= 0.6 is 0 Å². The maximum atomic E-state index is 12.2. The molecule has 1 aliphatic heterocycles. The van der Waals surface area contributed by atoms with Gasteiger partial charge in [-0.15, -0.1) is 0 Å². The molecule has 3 nitrogen and oxygen atoms in total. The zero-order valence-electron chi connectivity index (χ0n) is 13.9.